The highest BCUT2D eigenvalue weighted by Gasteiger charge is 2.08. The number of hydrogen-bond acceptors (Lipinski definition) is 5. The number of nitrogens with zero attached hydrogens (tertiary/aromatic N) is 3. The number of hydrogen-bond donors (Lipinski definition) is 2. The molecular formula is C18H26ClN5. The van der Waals surface area contributed by atoms with Crippen LogP contribution >= 0.6 is 11.6 Å². The van der Waals surface area contributed by atoms with E-state index < -0.39 is 0 Å². The predicted molar refractivity (Wildman–Crippen MR) is 103 cm³/mol. The van der Waals surface area contributed by atoms with E-state index in [0.717, 1.165) is 53.8 Å². The van der Waals surface area contributed by atoms with Crippen molar-refractivity contribution in [2.45, 2.75) is 27.2 Å². The first kappa shape index (κ1) is 18.5. The lowest BCUT2D eigenvalue weighted by atomic mass is 10.1. The van der Waals surface area contributed by atoms with Gasteiger partial charge in [-0.2, -0.15) is 0 Å². The zero-order valence-electron chi connectivity index (χ0n) is 15.1. The Morgan fingerprint density at radius 1 is 1.04 bits per heavy atom. The molecule has 0 saturated carbocycles. The quantitative estimate of drug-likeness (QED) is 0.736. The Labute approximate surface area is 149 Å². The summed E-state index contributed by atoms with van der Waals surface area (Å²) < 4.78 is 0. The van der Waals surface area contributed by atoms with Gasteiger partial charge in [-0.1, -0.05) is 17.7 Å². The van der Waals surface area contributed by atoms with Gasteiger partial charge < -0.3 is 15.5 Å². The van der Waals surface area contributed by atoms with Crippen LogP contribution in [0.5, 0.6) is 0 Å². The van der Waals surface area contributed by atoms with E-state index in [0.29, 0.717) is 5.02 Å². The summed E-state index contributed by atoms with van der Waals surface area (Å²) in [6.45, 7) is 7.88. The second-order valence-electron chi connectivity index (χ2n) is 6.33. The minimum Gasteiger partial charge on any atom is -0.370 e. The second-order valence-corrected chi connectivity index (χ2v) is 6.74. The summed E-state index contributed by atoms with van der Waals surface area (Å²) in [5, 5.41) is 7.38. The lowest BCUT2D eigenvalue weighted by Crippen LogP contribution is -2.16. The summed E-state index contributed by atoms with van der Waals surface area (Å²) in [7, 11) is 4.15. The molecule has 1 heterocycles. The molecule has 24 heavy (non-hydrogen) atoms. The van der Waals surface area contributed by atoms with Crippen LogP contribution in [0.25, 0.3) is 0 Å². The SMILES string of the molecule is Cc1cc(C)c(Nc2cc(NCCCN(C)C)nc(C)n2)c(Cl)c1. The van der Waals surface area contributed by atoms with Crippen molar-refractivity contribution in [3.63, 3.8) is 0 Å². The number of anilines is 3. The summed E-state index contributed by atoms with van der Waals surface area (Å²) in [4.78, 5) is 11.1. The van der Waals surface area contributed by atoms with Crippen molar-refractivity contribution in [3.8, 4) is 0 Å². The van der Waals surface area contributed by atoms with Gasteiger partial charge in [0.2, 0.25) is 0 Å². The molecule has 1 aromatic heterocycles. The maximum atomic E-state index is 6.37. The van der Waals surface area contributed by atoms with E-state index in [2.05, 4.69) is 45.7 Å². The summed E-state index contributed by atoms with van der Waals surface area (Å²) in [6, 6.07) is 5.96. The molecule has 2 rings (SSSR count). The monoisotopic (exact) mass is 347 g/mol. The first-order valence-electron chi connectivity index (χ1n) is 8.13. The third kappa shape index (κ3) is 5.35. The van der Waals surface area contributed by atoms with Gasteiger partial charge in [0, 0.05) is 12.6 Å². The molecule has 0 unspecified atom stereocenters. The Balaban J connectivity index is 2.11. The fourth-order valence-electron chi connectivity index (χ4n) is 2.54. The van der Waals surface area contributed by atoms with Crippen LogP contribution in [0.3, 0.4) is 0 Å². The lowest BCUT2D eigenvalue weighted by Gasteiger charge is -2.14. The van der Waals surface area contributed by atoms with Gasteiger partial charge >= 0.3 is 0 Å². The van der Waals surface area contributed by atoms with Gasteiger partial charge in [-0.3, -0.25) is 0 Å². The highest BCUT2D eigenvalue weighted by molar-refractivity contribution is 6.33. The summed E-state index contributed by atoms with van der Waals surface area (Å²) in [5.41, 5.74) is 3.13. The topological polar surface area (TPSA) is 53.1 Å². The van der Waals surface area contributed by atoms with E-state index in [1.54, 1.807) is 0 Å². The number of rotatable bonds is 7. The van der Waals surface area contributed by atoms with Gasteiger partial charge in [-0.25, -0.2) is 9.97 Å². The standard InChI is InChI=1S/C18H26ClN5/c1-12-9-13(2)18(15(19)10-12)23-17-11-16(21-14(3)22-17)20-7-6-8-24(4)5/h9-11H,6-8H2,1-5H3,(H2,20,21,22,23). The van der Waals surface area contributed by atoms with Crippen molar-refractivity contribution >= 4 is 28.9 Å². The van der Waals surface area contributed by atoms with Crippen LogP contribution in [0.15, 0.2) is 18.2 Å². The van der Waals surface area contributed by atoms with Crippen LogP contribution in [0, 0.1) is 20.8 Å². The van der Waals surface area contributed by atoms with E-state index >= 15 is 0 Å². The van der Waals surface area contributed by atoms with Crippen molar-refractivity contribution < 1.29 is 0 Å². The molecule has 5 nitrogen and oxygen atoms in total. The Morgan fingerprint density at radius 2 is 1.75 bits per heavy atom. The second kappa shape index (κ2) is 8.31. The zero-order chi connectivity index (χ0) is 17.7. The Hall–Kier alpha value is -1.85. The van der Waals surface area contributed by atoms with Crippen LogP contribution < -0.4 is 10.6 Å². The maximum Gasteiger partial charge on any atom is 0.136 e. The normalized spacial score (nSPS) is 11.0. The van der Waals surface area contributed by atoms with Crippen molar-refractivity contribution in [1.82, 2.24) is 14.9 Å². The highest BCUT2D eigenvalue weighted by atomic mass is 35.5. The lowest BCUT2D eigenvalue weighted by molar-refractivity contribution is 0.405. The van der Waals surface area contributed by atoms with Gasteiger partial charge in [0.05, 0.1) is 10.7 Å². The number of nitrogens with one attached hydrogen (secondary N) is 2. The molecule has 0 spiro atoms. The first-order chi connectivity index (χ1) is 11.3. The fraction of sp³-hybridized carbons (Fsp3) is 0.444. The number of halogens is 1. The zero-order valence-corrected chi connectivity index (χ0v) is 15.8. The Bertz CT molecular complexity index is 677. The van der Waals surface area contributed by atoms with Crippen molar-refractivity contribution in [2.24, 2.45) is 0 Å². The highest BCUT2D eigenvalue weighted by Crippen LogP contribution is 2.30. The average Bonchev–Trinajstić information content (AvgIpc) is 2.47. The minimum absolute atomic E-state index is 0.698. The third-order valence-electron chi connectivity index (χ3n) is 3.61. The Kier molecular flexibility index (Phi) is 6.40. The van der Waals surface area contributed by atoms with Crippen LogP contribution in [-0.2, 0) is 0 Å². The van der Waals surface area contributed by atoms with Gasteiger partial charge in [-0.05, 0) is 65.0 Å². The Morgan fingerprint density at radius 3 is 2.42 bits per heavy atom. The smallest absolute Gasteiger partial charge is 0.136 e. The molecule has 2 aromatic rings. The summed E-state index contributed by atoms with van der Waals surface area (Å²) in [5.74, 6) is 2.28. The molecule has 0 amide bonds. The van der Waals surface area contributed by atoms with E-state index in [9.17, 15) is 0 Å². The van der Waals surface area contributed by atoms with E-state index in [1.807, 2.05) is 32.9 Å². The molecule has 130 valence electrons. The summed E-state index contributed by atoms with van der Waals surface area (Å²) in [6.07, 6.45) is 1.06. The van der Waals surface area contributed by atoms with Crippen LogP contribution in [0.1, 0.15) is 23.4 Å². The van der Waals surface area contributed by atoms with Gasteiger partial charge in [0.25, 0.3) is 0 Å². The molecule has 0 saturated heterocycles. The van der Waals surface area contributed by atoms with Gasteiger partial charge in [-0.15, -0.1) is 0 Å². The van der Waals surface area contributed by atoms with Crippen LogP contribution in [0.2, 0.25) is 5.02 Å². The number of aromatic nitrogens is 2. The third-order valence-corrected chi connectivity index (χ3v) is 3.91. The molecular weight excluding hydrogens is 322 g/mol. The molecule has 0 aliphatic carbocycles. The molecule has 2 N–H and O–H groups in total. The average molecular weight is 348 g/mol. The van der Waals surface area contributed by atoms with Crippen molar-refractivity contribution in [1.29, 1.82) is 0 Å². The molecule has 1 aromatic carbocycles. The van der Waals surface area contributed by atoms with Crippen molar-refractivity contribution in [2.75, 3.05) is 37.8 Å². The largest absolute Gasteiger partial charge is 0.370 e. The van der Waals surface area contributed by atoms with Gasteiger partial charge in [0.1, 0.15) is 17.5 Å². The van der Waals surface area contributed by atoms with Crippen LogP contribution in [0.4, 0.5) is 17.3 Å². The molecule has 0 atom stereocenters. The molecule has 0 radical (unpaired) electrons. The number of benzene rings is 1. The first-order valence-corrected chi connectivity index (χ1v) is 8.51. The predicted octanol–water partition coefficient (Wildman–Crippen LogP) is 4.16. The van der Waals surface area contributed by atoms with Gasteiger partial charge in [0.15, 0.2) is 0 Å². The van der Waals surface area contributed by atoms with E-state index in [-0.39, 0.29) is 0 Å². The van der Waals surface area contributed by atoms with Crippen molar-refractivity contribution in [3.05, 3.63) is 40.2 Å². The fourth-order valence-corrected chi connectivity index (χ4v) is 2.90. The van der Waals surface area contributed by atoms with Crippen LogP contribution in [-0.4, -0.2) is 42.1 Å². The molecule has 0 bridgehead atoms. The summed E-state index contributed by atoms with van der Waals surface area (Å²) >= 11 is 6.37. The number of aryl methyl sites for hydroxylation is 3. The minimum atomic E-state index is 0.698. The van der Waals surface area contributed by atoms with E-state index in [4.69, 9.17) is 11.6 Å². The molecule has 0 fully saturated rings. The molecule has 6 heteroatoms. The maximum absolute atomic E-state index is 6.37. The molecule has 0 aliphatic rings. The van der Waals surface area contributed by atoms with E-state index in [1.165, 1.54) is 0 Å². The molecule has 0 aliphatic heterocycles.